The highest BCUT2D eigenvalue weighted by atomic mass is 16.3. The van der Waals surface area contributed by atoms with Gasteiger partial charge in [-0.05, 0) is 25.5 Å². The van der Waals surface area contributed by atoms with E-state index < -0.39 is 11.5 Å². The highest BCUT2D eigenvalue weighted by Crippen LogP contribution is 2.37. The molecule has 0 radical (unpaired) electrons. The highest BCUT2D eigenvalue weighted by Gasteiger charge is 2.37. The number of nitrogens with one attached hydrogen (secondary N) is 1. The van der Waals surface area contributed by atoms with Crippen molar-refractivity contribution in [1.82, 2.24) is 24.3 Å². The average molecular weight is 428 g/mol. The van der Waals surface area contributed by atoms with Crippen molar-refractivity contribution in [1.29, 1.82) is 5.26 Å². The fraction of sp³-hybridized carbons (Fsp3) is 0.333. The number of aromatic nitrogens is 4. The second kappa shape index (κ2) is 7.18. The summed E-state index contributed by atoms with van der Waals surface area (Å²) in [6, 6.07) is 11.8. The molecule has 3 aromatic heterocycles. The molecule has 4 heterocycles. The van der Waals surface area contributed by atoms with Crippen molar-refractivity contribution in [3.63, 3.8) is 0 Å². The third-order valence-corrected chi connectivity index (χ3v) is 6.34. The van der Waals surface area contributed by atoms with Crippen LogP contribution in [0.5, 0.6) is 0 Å². The number of aromatic amines is 1. The summed E-state index contributed by atoms with van der Waals surface area (Å²) in [4.78, 5) is 26.6. The molecule has 0 saturated carbocycles. The number of aliphatic hydroxyl groups is 1. The summed E-state index contributed by atoms with van der Waals surface area (Å²) in [5, 5.41) is 19.7. The van der Waals surface area contributed by atoms with Gasteiger partial charge in [0.1, 0.15) is 5.82 Å². The van der Waals surface area contributed by atoms with Gasteiger partial charge in [-0.2, -0.15) is 5.26 Å². The summed E-state index contributed by atoms with van der Waals surface area (Å²) >= 11 is 0. The van der Waals surface area contributed by atoms with Crippen LogP contribution in [0.3, 0.4) is 0 Å². The van der Waals surface area contributed by atoms with Crippen LogP contribution in [0.25, 0.3) is 27.9 Å². The number of β-amino-alcohol motifs (C(OH)–C–C–N with tert-alkyl or cyclic N) is 1. The number of aliphatic hydroxyl groups excluding tert-OH is 1. The van der Waals surface area contributed by atoms with Crippen LogP contribution in [0.2, 0.25) is 0 Å². The summed E-state index contributed by atoms with van der Waals surface area (Å²) in [6.07, 6.45) is 3.45. The third-order valence-electron chi connectivity index (χ3n) is 6.34. The highest BCUT2D eigenvalue weighted by molar-refractivity contribution is 5.84. The molecule has 1 saturated heterocycles. The summed E-state index contributed by atoms with van der Waals surface area (Å²) < 4.78 is 2.03. The Hall–Kier alpha value is -3.70. The SMILES string of the molecule is CC(=O)N1C[C@H](O)CC1c1nc(-c2ccc(C(C)(C)C#N)cc2)c2cnc3[nH]ccc3n12. The lowest BCUT2D eigenvalue weighted by molar-refractivity contribution is -0.130. The number of amides is 1. The number of carbonyl (C=O) groups excluding carboxylic acids is 1. The van der Waals surface area contributed by atoms with Crippen LogP contribution in [0, 0.1) is 11.3 Å². The standard InChI is InChI=1S/C24H24N6O2/c1-14(31)29-12-17(32)10-19(29)23-28-21(15-4-6-16(7-5-15)24(2,3)13-25)20-11-27-22-18(30(20)23)8-9-26-22/h4-9,11,17,19,26,32H,10,12H2,1-3H3/t17-,19?/m1/s1. The molecule has 0 aliphatic carbocycles. The molecule has 5 rings (SSSR count). The molecule has 0 bridgehead atoms. The molecule has 1 aliphatic heterocycles. The molecule has 2 atom stereocenters. The van der Waals surface area contributed by atoms with Gasteiger partial charge in [0.25, 0.3) is 0 Å². The molecule has 162 valence electrons. The Morgan fingerprint density at radius 3 is 2.69 bits per heavy atom. The Morgan fingerprint density at radius 2 is 2.00 bits per heavy atom. The van der Waals surface area contributed by atoms with Crippen molar-refractivity contribution >= 4 is 22.6 Å². The van der Waals surface area contributed by atoms with E-state index in [0.717, 1.165) is 33.5 Å². The molecule has 2 N–H and O–H groups in total. The number of rotatable bonds is 3. The molecule has 1 aliphatic rings. The number of imidazole rings is 1. The monoisotopic (exact) mass is 428 g/mol. The largest absolute Gasteiger partial charge is 0.391 e. The lowest BCUT2D eigenvalue weighted by Gasteiger charge is -2.22. The Labute approximate surface area is 185 Å². The summed E-state index contributed by atoms with van der Waals surface area (Å²) in [5.41, 5.74) is 4.41. The quantitative estimate of drug-likeness (QED) is 0.520. The molecule has 4 aromatic rings. The Bertz CT molecular complexity index is 1380. The number of carbonyl (C=O) groups is 1. The average Bonchev–Trinajstić information content (AvgIpc) is 3.49. The van der Waals surface area contributed by atoms with E-state index in [1.807, 2.05) is 54.8 Å². The maximum atomic E-state index is 12.3. The molecule has 1 amide bonds. The summed E-state index contributed by atoms with van der Waals surface area (Å²) in [7, 11) is 0. The number of benzene rings is 1. The smallest absolute Gasteiger partial charge is 0.220 e. The van der Waals surface area contributed by atoms with Crippen molar-refractivity contribution in [2.75, 3.05) is 6.54 Å². The van der Waals surface area contributed by atoms with Crippen LogP contribution in [-0.4, -0.2) is 47.9 Å². The Kier molecular flexibility index (Phi) is 4.53. The topological polar surface area (TPSA) is 110 Å². The van der Waals surface area contributed by atoms with Gasteiger partial charge in [0.05, 0.1) is 46.6 Å². The van der Waals surface area contributed by atoms with Gasteiger partial charge in [-0.1, -0.05) is 24.3 Å². The number of nitrogens with zero attached hydrogens (tertiary/aromatic N) is 5. The number of likely N-dealkylation sites (tertiary alicyclic amines) is 1. The fourth-order valence-electron chi connectivity index (χ4n) is 4.54. The van der Waals surface area contributed by atoms with E-state index >= 15 is 0 Å². The maximum absolute atomic E-state index is 12.3. The predicted molar refractivity (Wildman–Crippen MR) is 120 cm³/mol. The van der Waals surface area contributed by atoms with Crippen molar-refractivity contribution in [2.24, 2.45) is 0 Å². The molecule has 1 fully saturated rings. The second-order valence-corrected chi connectivity index (χ2v) is 8.90. The first-order valence-corrected chi connectivity index (χ1v) is 10.6. The van der Waals surface area contributed by atoms with Crippen molar-refractivity contribution in [3.05, 3.63) is 54.1 Å². The molecule has 0 spiro atoms. The van der Waals surface area contributed by atoms with E-state index in [1.54, 1.807) is 11.1 Å². The molecular formula is C24H24N6O2. The molecule has 1 aromatic carbocycles. The lowest BCUT2D eigenvalue weighted by atomic mass is 9.86. The third kappa shape index (κ3) is 3.05. The minimum absolute atomic E-state index is 0.0905. The van der Waals surface area contributed by atoms with Gasteiger partial charge in [-0.25, -0.2) is 9.97 Å². The van der Waals surface area contributed by atoms with Gasteiger partial charge in [0.15, 0.2) is 5.65 Å². The number of fused-ring (bicyclic) bond motifs is 3. The number of nitriles is 1. The number of hydrogen-bond acceptors (Lipinski definition) is 5. The van der Waals surface area contributed by atoms with Crippen molar-refractivity contribution < 1.29 is 9.90 Å². The zero-order chi connectivity index (χ0) is 22.6. The first kappa shape index (κ1) is 20.2. The minimum atomic E-state index is -0.587. The van der Waals surface area contributed by atoms with Crippen LogP contribution >= 0.6 is 0 Å². The van der Waals surface area contributed by atoms with Crippen LogP contribution in [0.1, 0.15) is 44.6 Å². The van der Waals surface area contributed by atoms with Gasteiger partial charge in [-0.15, -0.1) is 0 Å². The van der Waals surface area contributed by atoms with E-state index in [4.69, 9.17) is 4.98 Å². The van der Waals surface area contributed by atoms with Gasteiger partial charge in [0.2, 0.25) is 5.91 Å². The molecule has 1 unspecified atom stereocenters. The van der Waals surface area contributed by atoms with Crippen LogP contribution in [0.15, 0.2) is 42.7 Å². The second-order valence-electron chi connectivity index (χ2n) is 8.90. The van der Waals surface area contributed by atoms with Crippen LogP contribution < -0.4 is 0 Å². The maximum Gasteiger partial charge on any atom is 0.220 e. The molecular weight excluding hydrogens is 404 g/mol. The molecule has 8 heteroatoms. The predicted octanol–water partition coefficient (Wildman–Crippen LogP) is 3.33. The van der Waals surface area contributed by atoms with E-state index in [-0.39, 0.29) is 11.9 Å². The van der Waals surface area contributed by atoms with E-state index in [2.05, 4.69) is 16.0 Å². The Morgan fingerprint density at radius 1 is 1.25 bits per heavy atom. The minimum Gasteiger partial charge on any atom is -0.391 e. The van der Waals surface area contributed by atoms with E-state index in [0.29, 0.717) is 18.8 Å². The molecule has 32 heavy (non-hydrogen) atoms. The van der Waals surface area contributed by atoms with E-state index in [9.17, 15) is 15.2 Å². The summed E-state index contributed by atoms with van der Waals surface area (Å²) in [6.45, 7) is 5.59. The Balaban J connectivity index is 1.72. The van der Waals surface area contributed by atoms with Crippen LogP contribution in [-0.2, 0) is 10.2 Å². The van der Waals surface area contributed by atoms with E-state index in [1.165, 1.54) is 6.92 Å². The van der Waals surface area contributed by atoms with Crippen molar-refractivity contribution in [3.8, 4) is 17.3 Å². The lowest BCUT2D eigenvalue weighted by Crippen LogP contribution is -2.30. The van der Waals surface area contributed by atoms with Gasteiger partial charge in [0, 0.05) is 31.6 Å². The molecule has 8 nitrogen and oxygen atoms in total. The first-order valence-electron chi connectivity index (χ1n) is 10.6. The van der Waals surface area contributed by atoms with Crippen LogP contribution in [0.4, 0.5) is 0 Å². The first-order chi connectivity index (χ1) is 15.3. The number of hydrogen-bond donors (Lipinski definition) is 2. The summed E-state index contributed by atoms with van der Waals surface area (Å²) in [5.74, 6) is 0.613. The van der Waals surface area contributed by atoms with Gasteiger partial charge >= 0.3 is 0 Å². The van der Waals surface area contributed by atoms with Gasteiger partial charge < -0.3 is 15.0 Å². The van der Waals surface area contributed by atoms with Crippen molar-refractivity contribution in [2.45, 2.75) is 44.8 Å². The zero-order valence-corrected chi connectivity index (χ0v) is 18.2. The van der Waals surface area contributed by atoms with Gasteiger partial charge in [-0.3, -0.25) is 9.20 Å². The number of H-pyrrole nitrogens is 1. The zero-order valence-electron chi connectivity index (χ0n) is 18.2. The fourth-order valence-corrected chi connectivity index (χ4v) is 4.54. The normalized spacial score (nSPS) is 19.0.